The van der Waals surface area contributed by atoms with E-state index in [4.69, 9.17) is 14.2 Å². The van der Waals surface area contributed by atoms with Crippen LogP contribution in [0.2, 0.25) is 0 Å². The molecule has 1 atom stereocenters. The monoisotopic (exact) mass is 795 g/mol. The second-order valence-electron chi connectivity index (χ2n) is 15.4. The first-order valence-corrected chi connectivity index (χ1v) is 23.5. The first kappa shape index (κ1) is 53.9. The molecule has 6 heteroatoms. The fraction of sp³-hybridized carbons (Fsp3) is 0.706. The smallest absolute Gasteiger partial charge is 0.306 e. The molecule has 0 saturated carbocycles. The van der Waals surface area contributed by atoms with Gasteiger partial charge in [-0.05, 0) is 51.4 Å². The Morgan fingerprint density at radius 2 is 0.737 bits per heavy atom. The molecule has 0 aliphatic heterocycles. The molecule has 0 fully saturated rings. The Morgan fingerprint density at radius 1 is 0.368 bits per heavy atom. The summed E-state index contributed by atoms with van der Waals surface area (Å²) in [6.45, 7) is 6.37. The highest BCUT2D eigenvalue weighted by Crippen LogP contribution is 2.15. The largest absolute Gasteiger partial charge is 0.462 e. The maximum absolute atomic E-state index is 12.7. The summed E-state index contributed by atoms with van der Waals surface area (Å²) in [6, 6.07) is 0. The lowest BCUT2D eigenvalue weighted by molar-refractivity contribution is -0.167. The summed E-state index contributed by atoms with van der Waals surface area (Å²) in [5.41, 5.74) is 0. The molecule has 326 valence electrons. The van der Waals surface area contributed by atoms with Gasteiger partial charge in [-0.3, -0.25) is 14.4 Å². The second kappa shape index (κ2) is 45.6. The molecular weight excluding hydrogens is 709 g/mol. The zero-order valence-electron chi connectivity index (χ0n) is 37.1. The number of allylic oxidation sites excluding steroid dienone is 12. The molecule has 0 aromatic carbocycles. The molecule has 0 bridgehead atoms. The van der Waals surface area contributed by atoms with Crippen LogP contribution in [0.3, 0.4) is 0 Å². The molecule has 0 heterocycles. The summed E-state index contributed by atoms with van der Waals surface area (Å²) in [7, 11) is 0. The molecule has 0 aliphatic rings. The average molecular weight is 795 g/mol. The van der Waals surface area contributed by atoms with Crippen molar-refractivity contribution in [1.82, 2.24) is 0 Å². The van der Waals surface area contributed by atoms with Crippen molar-refractivity contribution < 1.29 is 28.6 Å². The fourth-order valence-corrected chi connectivity index (χ4v) is 6.28. The van der Waals surface area contributed by atoms with Crippen LogP contribution in [0.15, 0.2) is 72.9 Å². The van der Waals surface area contributed by atoms with Crippen LogP contribution >= 0.6 is 0 Å². The van der Waals surface area contributed by atoms with Crippen molar-refractivity contribution in [3.05, 3.63) is 72.9 Å². The van der Waals surface area contributed by atoms with Gasteiger partial charge in [0.25, 0.3) is 0 Å². The minimum Gasteiger partial charge on any atom is -0.462 e. The van der Waals surface area contributed by atoms with Gasteiger partial charge in [-0.15, -0.1) is 0 Å². The highest BCUT2D eigenvalue weighted by molar-refractivity contribution is 5.71. The van der Waals surface area contributed by atoms with Crippen LogP contribution in [0, 0.1) is 0 Å². The van der Waals surface area contributed by atoms with Crippen LogP contribution in [0.5, 0.6) is 0 Å². The van der Waals surface area contributed by atoms with Gasteiger partial charge in [0.05, 0.1) is 0 Å². The van der Waals surface area contributed by atoms with Gasteiger partial charge in [-0.2, -0.15) is 0 Å². The first-order chi connectivity index (χ1) is 28.0. The molecule has 57 heavy (non-hydrogen) atoms. The van der Waals surface area contributed by atoms with Crippen molar-refractivity contribution in [1.29, 1.82) is 0 Å². The number of esters is 3. The lowest BCUT2D eigenvalue weighted by Crippen LogP contribution is -2.30. The average Bonchev–Trinajstić information content (AvgIpc) is 3.21. The van der Waals surface area contributed by atoms with Crippen LogP contribution in [-0.2, 0) is 28.6 Å². The van der Waals surface area contributed by atoms with E-state index in [0.717, 1.165) is 70.6 Å². The lowest BCUT2D eigenvalue weighted by Gasteiger charge is -2.18. The normalized spacial score (nSPS) is 12.7. The molecule has 0 saturated heterocycles. The van der Waals surface area contributed by atoms with E-state index in [9.17, 15) is 14.4 Å². The first-order valence-electron chi connectivity index (χ1n) is 23.5. The van der Waals surface area contributed by atoms with E-state index >= 15 is 0 Å². The van der Waals surface area contributed by atoms with Crippen LogP contribution < -0.4 is 0 Å². The third-order valence-electron chi connectivity index (χ3n) is 9.82. The van der Waals surface area contributed by atoms with Gasteiger partial charge in [-0.25, -0.2) is 0 Å². The molecule has 1 unspecified atom stereocenters. The van der Waals surface area contributed by atoms with Crippen molar-refractivity contribution in [2.45, 2.75) is 219 Å². The van der Waals surface area contributed by atoms with Gasteiger partial charge in [-0.1, -0.05) is 216 Å². The Bertz CT molecular complexity index is 1100. The predicted molar refractivity (Wildman–Crippen MR) is 242 cm³/mol. The zero-order chi connectivity index (χ0) is 41.5. The SMILES string of the molecule is CC\C=C/C=C\C=C/C=C\C=C/CCCC(=O)OC(COC(=O)CCCCCC/C=C\CCCC)COC(=O)CCCCCCCCCCCCCCCCCC. The molecule has 0 amide bonds. The summed E-state index contributed by atoms with van der Waals surface area (Å²) < 4.78 is 16.6. The third-order valence-corrected chi connectivity index (χ3v) is 9.82. The van der Waals surface area contributed by atoms with Crippen molar-refractivity contribution in [3.8, 4) is 0 Å². The number of hydrogen-bond acceptors (Lipinski definition) is 6. The van der Waals surface area contributed by atoms with E-state index in [1.165, 1.54) is 96.3 Å². The molecule has 6 nitrogen and oxygen atoms in total. The van der Waals surface area contributed by atoms with E-state index in [-0.39, 0.29) is 37.5 Å². The van der Waals surface area contributed by atoms with Crippen LogP contribution in [-0.4, -0.2) is 37.2 Å². The topological polar surface area (TPSA) is 78.9 Å². The van der Waals surface area contributed by atoms with Crippen molar-refractivity contribution in [2.24, 2.45) is 0 Å². The van der Waals surface area contributed by atoms with E-state index in [1.807, 2.05) is 54.7 Å². The Kier molecular flexibility index (Phi) is 43.0. The summed E-state index contributed by atoms with van der Waals surface area (Å²) in [4.78, 5) is 37.7. The van der Waals surface area contributed by atoms with Gasteiger partial charge in [0.1, 0.15) is 13.2 Å². The van der Waals surface area contributed by atoms with E-state index in [2.05, 4.69) is 39.0 Å². The van der Waals surface area contributed by atoms with Gasteiger partial charge in [0.15, 0.2) is 6.10 Å². The number of hydrogen-bond donors (Lipinski definition) is 0. The quantitative estimate of drug-likeness (QED) is 0.0202. The number of carbonyl (C=O) groups is 3. The fourth-order valence-electron chi connectivity index (χ4n) is 6.28. The minimum atomic E-state index is -0.813. The second-order valence-corrected chi connectivity index (χ2v) is 15.4. The number of carbonyl (C=O) groups excluding carboxylic acids is 3. The molecular formula is C51H86O6. The van der Waals surface area contributed by atoms with Gasteiger partial charge in [0.2, 0.25) is 0 Å². The maximum Gasteiger partial charge on any atom is 0.306 e. The maximum atomic E-state index is 12.7. The van der Waals surface area contributed by atoms with E-state index in [0.29, 0.717) is 19.3 Å². The van der Waals surface area contributed by atoms with Crippen LogP contribution in [0.25, 0.3) is 0 Å². The van der Waals surface area contributed by atoms with E-state index < -0.39 is 6.10 Å². The number of unbranched alkanes of at least 4 members (excludes halogenated alkanes) is 22. The molecule has 0 aromatic rings. The zero-order valence-corrected chi connectivity index (χ0v) is 37.1. The third kappa shape index (κ3) is 43.8. The summed E-state index contributed by atoms with van der Waals surface area (Å²) >= 11 is 0. The minimum absolute atomic E-state index is 0.106. The molecule has 0 spiro atoms. The summed E-state index contributed by atoms with van der Waals surface area (Å²) in [5, 5.41) is 0. The Hall–Kier alpha value is -3.15. The standard InChI is InChI=1S/C51H86O6/c1-4-7-10-13-16-19-22-24-25-26-28-29-32-35-38-41-44-50(53)56-47-48(46-55-49(52)43-40-37-34-31-21-18-15-12-9-6-3)57-51(54)45-42-39-36-33-30-27-23-20-17-14-11-8-5-2/h8,11,14-15,17-18,20,23,27,30,33,36,48H,4-7,9-10,12-13,16,19,21-22,24-26,28-29,31-32,34-35,37-47H2,1-3H3/b11-8-,17-14-,18-15-,23-20-,30-27-,36-33-. The summed E-state index contributed by atoms with van der Waals surface area (Å²) in [6.07, 6.45) is 56.1. The lowest BCUT2D eigenvalue weighted by atomic mass is 10.0. The number of ether oxygens (including phenoxy) is 3. The Labute approximate surface area is 351 Å². The molecule has 0 aliphatic carbocycles. The molecule has 0 N–H and O–H groups in total. The predicted octanol–water partition coefficient (Wildman–Crippen LogP) is 15.1. The molecule has 0 radical (unpaired) electrons. The van der Waals surface area contributed by atoms with Gasteiger partial charge < -0.3 is 14.2 Å². The van der Waals surface area contributed by atoms with E-state index in [1.54, 1.807) is 0 Å². The van der Waals surface area contributed by atoms with Crippen LogP contribution in [0.4, 0.5) is 0 Å². The van der Waals surface area contributed by atoms with Gasteiger partial charge >= 0.3 is 17.9 Å². The highest BCUT2D eigenvalue weighted by atomic mass is 16.6. The molecule has 0 rings (SSSR count). The Morgan fingerprint density at radius 3 is 1.21 bits per heavy atom. The van der Waals surface area contributed by atoms with Crippen LogP contribution in [0.1, 0.15) is 213 Å². The highest BCUT2D eigenvalue weighted by Gasteiger charge is 2.19. The van der Waals surface area contributed by atoms with Crippen molar-refractivity contribution in [3.63, 3.8) is 0 Å². The molecule has 0 aromatic heterocycles. The Balaban J connectivity index is 4.45. The van der Waals surface area contributed by atoms with Gasteiger partial charge in [0, 0.05) is 19.3 Å². The summed E-state index contributed by atoms with van der Waals surface area (Å²) in [5.74, 6) is -0.998. The van der Waals surface area contributed by atoms with Crippen molar-refractivity contribution >= 4 is 17.9 Å². The number of rotatable bonds is 41. The van der Waals surface area contributed by atoms with Crippen molar-refractivity contribution in [2.75, 3.05) is 13.2 Å².